The molecule has 0 aromatic heterocycles. The van der Waals surface area contributed by atoms with Crippen LogP contribution in [0.2, 0.25) is 0 Å². The summed E-state index contributed by atoms with van der Waals surface area (Å²) in [4.78, 5) is 13.7. The Morgan fingerprint density at radius 3 is 2.22 bits per heavy atom. The molecule has 0 rings (SSSR count). The summed E-state index contributed by atoms with van der Waals surface area (Å²) >= 11 is 0. The summed E-state index contributed by atoms with van der Waals surface area (Å²) in [5.74, 6) is -0.279. The fraction of sp³-hybridized carbons (Fsp3) is 0.800. The van der Waals surface area contributed by atoms with Crippen molar-refractivity contribution in [1.29, 1.82) is 0 Å². The highest BCUT2D eigenvalue weighted by atomic mass is 16.5. The largest absolute Gasteiger partial charge is 0.461 e. The minimum atomic E-state index is -0.279. The minimum absolute atomic E-state index is 0.279. The number of hydrogen-bond donors (Lipinski definition) is 0. The zero-order valence-corrected chi connectivity index (χ0v) is 12.3. The molecule has 0 spiro atoms. The lowest BCUT2D eigenvalue weighted by Crippen LogP contribution is -2.30. The van der Waals surface area contributed by atoms with Crippen molar-refractivity contribution in [1.82, 2.24) is 4.90 Å². The molecule has 0 saturated heterocycles. The molecule has 0 saturated carbocycles. The summed E-state index contributed by atoms with van der Waals surface area (Å²) in [5, 5.41) is 0. The van der Waals surface area contributed by atoms with Gasteiger partial charge in [0.05, 0.1) is 0 Å². The van der Waals surface area contributed by atoms with Gasteiger partial charge in [0.2, 0.25) is 0 Å². The molecular weight excluding hydrogens is 226 g/mol. The Labute approximate surface area is 112 Å². The quantitative estimate of drug-likeness (QED) is 0.322. The van der Waals surface area contributed by atoms with Crippen molar-refractivity contribution < 1.29 is 9.53 Å². The zero-order valence-electron chi connectivity index (χ0n) is 12.3. The second-order valence-corrected chi connectivity index (χ2v) is 4.82. The zero-order chi connectivity index (χ0) is 13.8. The summed E-state index contributed by atoms with van der Waals surface area (Å²) in [6.07, 6.45) is 6.16. The molecule has 3 heteroatoms. The fourth-order valence-corrected chi connectivity index (χ4v) is 1.69. The van der Waals surface area contributed by atoms with Gasteiger partial charge >= 0.3 is 5.97 Å². The first kappa shape index (κ1) is 17.2. The monoisotopic (exact) mass is 255 g/mol. The van der Waals surface area contributed by atoms with E-state index < -0.39 is 0 Å². The minimum Gasteiger partial charge on any atom is -0.461 e. The molecule has 0 aliphatic heterocycles. The highest BCUT2D eigenvalue weighted by Crippen LogP contribution is 2.01. The smallest absolute Gasteiger partial charge is 0.333 e. The van der Waals surface area contributed by atoms with Crippen molar-refractivity contribution in [2.75, 3.05) is 26.2 Å². The molecular formula is C15H29NO2. The van der Waals surface area contributed by atoms with Crippen LogP contribution in [0.25, 0.3) is 0 Å². The molecule has 0 bridgehead atoms. The van der Waals surface area contributed by atoms with E-state index in [1.807, 2.05) is 0 Å². The maximum atomic E-state index is 11.3. The first-order valence-electron chi connectivity index (χ1n) is 7.16. The van der Waals surface area contributed by atoms with Crippen LogP contribution in [0, 0.1) is 0 Å². The average molecular weight is 255 g/mol. The van der Waals surface area contributed by atoms with Crippen LogP contribution in [0.3, 0.4) is 0 Å². The number of nitrogens with zero attached hydrogens (tertiary/aromatic N) is 1. The highest BCUT2D eigenvalue weighted by Gasteiger charge is 2.07. The summed E-state index contributed by atoms with van der Waals surface area (Å²) < 4.78 is 5.14. The first-order chi connectivity index (χ1) is 8.61. The molecule has 0 aliphatic rings. The SMILES string of the molecule is C=C(C)C(=O)OCCN(CCCC)CCCCC. The molecule has 0 aromatic carbocycles. The molecule has 3 nitrogen and oxygen atoms in total. The van der Waals surface area contributed by atoms with Crippen LogP contribution in [0.15, 0.2) is 12.2 Å². The number of ether oxygens (including phenoxy) is 1. The lowest BCUT2D eigenvalue weighted by molar-refractivity contribution is -0.139. The van der Waals surface area contributed by atoms with Crippen molar-refractivity contribution >= 4 is 5.97 Å². The van der Waals surface area contributed by atoms with E-state index in [2.05, 4.69) is 25.3 Å². The van der Waals surface area contributed by atoms with E-state index >= 15 is 0 Å². The molecule has 18 heavy (non-hydrogen) atoms. The van der Waals surface area contributed by atoms with Crippen LogP contribution < -0.4 is 0 Å². The number of carbonyl (C=O) groups is 1. The first-order valence-corrected chi connectivity index (χ1v) is 7.16. The summed E-state index contributed by atoms with van der Waals surface area (Å²) in [7, 11) is 0. The number of unbranched alkanes of at least 4 members (excludes halogenated alkanes) is 3. The summed E-state index contributed by atoms with van der Waals surface area (Å²) in [5.41, 5.74) is 0.473. The van der Waals surface area contributed by atoms with Gasteiger partial charge in [-0.05, 0) is 32.9 Å². The highest BCUT2D eigenvalue weighted by molar-refractivity contribution is 5.86. The van der Waals surface area contributed by atoms with Crippen molar-refractivity contribution in [2.45, 2.75) is 52.9 Å². The molecule has 0 amide bonds. The predicted molar refractivity (Wildman–Crippen MR) is 76.6 cm³/mol. The average Bonchev–Trinajstić information content (AvgIpc) is 2.35. The van der Waals surface area contributed by atoms with Gasteiger partial charge in [-0.15, -0.1) is 0 Å². The van der Waals surface area contributed by atoms with Gasteiger partial charge in [-0.25, -0.2) is 4.79 Å². The van der Waals surface area contributed by atoms with Gasteiger partial charge in [-0.1, -0.05) is 39.7 Å². The molecule has 0 N–H and O–H groups in total. The van der Waals surface area contributed by atoms with E-state index in [0.717, 1.165) is 19.6 Å². The third-order valence-electron chi connectivity index (χ3n) is 2.89. The van der Waals surface area contributed by atoms with Gasteiger partial charge in [0.1, 0.15) is 6.61 Å². The van der Waals surface area contributed by atoms with Crippen molar-refractivity contribution in [3.05, 3.63) is 12.2 Å². The Bertz CT molecular complexity index is 239. The van der Waals surface area contributed by atoms with Crippen LogP contribution in [0.4, 0.5) is 0 Å². The van der Waals surface area contributed by atoms with E-state index in [0.29, 0.717) is 12.2 Å². The molecule has 0 aliphatic carbocycles. The second-order valence-electron chi connectivity index (χ2n) is 4.82. The van der Waals surface area contributed by atoms with E-state index in [1.54, 1.807) is 6.92 Å². The standard InChI is InChI=1S/C15H29NO2/c1-5-7-9-11-16(10-8-6-2)12-13-18-15(17)14(3)4/h3,5-13H2,1-2,4H3. The predicted octanol–water partition coefficient (Wildman–Crippen LogP) is 3.40. The van der Waals surface area contributed by atoms with Crippen molar-refractivity contribution in [3.63, 3.8) is 0 Å². The van der Waals surface area contributed by atoms with Crippen LogP contribution in [-0.2, 0) is 9.53 Å². The van der Waals surface area contributed by atoms with Crippen molar-refractivity contribution in [3.8, 4) is 0 Å². The van der Waals surface area contributed by atoms with Gasteiger partial charge < -0.3 is 4.74 Å². The van der Waals surface area contributed by atoms with Crippen LogP contribution >= 0.6 is 0 Å². The van der Waals surface area contributed by atoms with Crippen LogP contribution in [0.5, 0.6) is 0 Å². The lowest BCUT2D eigenvalue weighted by atomic mass is 10.2. The van der Waals surface area contributed by atoms with Crippen LogP contribution in [-0.4, -0.2) is 37.1 Å². The Morgan fingerprint density at radius 2 is 1.67 bits per heavy atom. The van der Waals surface area contributed by atoms with Crippen molar-refractivity contribution in [2.24, 2.45) is 0 Å². The molecule has 0 heterocycles. The number of hydrogen-bond acceptors (Lipinski definition) is 3. The fourth-order valence-electron chi connectivity index (χ4n) is 1.69. The van der Waals surface area contributed by atoms with Gasteiger partial charge in [0, 0.05) is 12.1 Å². The lowest BCUT2D eigenvalue weighted by Gasteiger charge is -2.21. The molecule has 0 aromatic rings. The third-order valence-corrected chi connectivity index (χ3v) is 2.89. The molecule has 0 fully saturated rings. The van der Waals surface area contributed by atoms with Gasteiger partial charge in [-0.3, -0.25) is 4.90 Å². The number of rotatable bonds is 11. The normalized spacial score (nSPS) is 10.7. The van der Waals surface area contributed by atoms with E-state index in [-0.39, 0.29) is 5.97 Å². The number of carbonyl (C=O) groups excluding carboxylic acids is 1. The Morgan fingerprint density at radius 1 is 1.06 bits per heavy atom. The maximum absolute atomic E-state index is 11.3. The maximum Gasteiger partial charge on any atom is 0.333 e. The Balaban J connectivity index is 3.84. The molecule has 0 radical (unpaired) electrons. The molecule has 0 unspecified atom stereocenters. The van der Waals surface area contributed by atoms with Crippen LogP contribution in [0.1, 0.15) is 52.9 Å². The second kappa shape index (κ2) is 11.3. The Kier molecular flexibility index (Phi) is 10.8. The van der Waals surface area contributed by atoms with E-state index in [1.165, 1.54) is 32.1 Å². The number of esters is 1. The van der Waals surface area contributed by atoms with E-state index in [9.17, 15) is 4.79 Å². The topological polar surface area (TPSA) is 29.5 Å². The summed E-state index contributed by atoms with van der Waals surface area (Å²) in [6, 6.07) is 0. The third kappa shape index (κ3) is 9.23. The van der Waals surface area contributed by atoms with Gasteiger partial charge in [0.15, 0.2) is 0 Å². The van der Waals surface area contributed by atoms with E-state index in [4.69, 9.17) is 4.74 Å². The summed E-state index contributed by atoms with van der Waals surface area (Å²) in [6.45, 7) is 13.2. The Hall–Kier alpha value is -0.830. The van der Waals surface area contributed by atoms with Gasteiger partial charge in [0.25, 0.3) is 0 Å². The molecule has 106 valence electrons. The molecule has 0 atom stereocenters. The van der Waals surface area contributed by atoms with Gasteiger partial charge in [-0.2, -0.15) is 0 Å².